The second-order valence-corrected chi connectivity index (χ2v) is 6.70. The van der Waals surface area contributed by atoms with Crippen LogP contribution >= 0.6 is 0 Å². The molecule has 0 bridgehead atoms. The van der Waals surface area contributed by atoms with Gasteiger partial charge in [0, 0.05) is 19.3 Å². The standard InChI is InChI=1S/C21H25N5/c1-2-10-18-17(9-1)25-20(26-18)15-22-12-3-4-13-23-19-11-5-7-16-8-6-14-24-21(16)19/h1-4,6,8-10,14,19,22-23H,5,7,11-13,15H2,(H,25,26)/b4-3-. The van der Waals surface area contributed by atoms with E-state index in [1.165, 1.54) is 24.1 Å². The monoisotopic (exact) mass is 347 g/mol. The van der Waals surface area contributed by atoms with Gasteiger partial charge in [-0.25, -0.2) is 4.98 Å². The number of rotatable bonds is 7. The van der Waals surface area contributed by atoms with Gasteiger partial charge in [-0.1, -0.05) is 30.4 Å². The van der Waals surface area contributed by atoms with Crippen molar-refractivity contribution in [1.29, 1.82) is 0 Å². The highest BCUT2D eigenvalue weighted by atomic mass is 15.0. The lowest BCUT2D eigenvalue weighted by atomic mass is 9.92. The number of nitrogens with one attached hydrogen (secondary N) is 3. The third-order valence-electron chi connectivity index (χ3n) is 4.84. The molecule has 0 radical (unpaired) electrons. The van der Waals surface area contributed by atoms with Gasteiger partial charge in [0.2, 0.25) is 0 Å². The summed E-state index contributed by atoms with van der Waals surface area (Å²) in [4.78, 5) is 12.5. The lowest BCUT2D eigenvalue weighted by Crippen LogP contribution is -2.26. The summed E-state index contributed by atoms with van der Waals surface area (Å²) in [6.07, 6.45) is 9.81. The first kappa shape index (κ1) is 16.9. The van der Waals surface area contributed by atoms with Crippen molar-refractivity contribution in [3.8, 4) is 0 Å². The summed E-state index contributed by atoms with van der Waals surface area (Å²) in [5.74, 6) is 0.975. The van der Waals surface area contributed by atoms with E-state index in [-0.39, 0.29) is 0 Å². The van der Waals surface area contributed by atoms with Crippen LogP contribution in [0.1, 0.15) is 36.0 Å². The fourth-order valence-corrected chi connectivity index (χ4v) is 3.55. The van der Waals surface area contributed by atoms with E-state index >= 15 is 0 Å². The topological polar surface area (TPSA) is 65.6 Å². The first-order chi connectivity index (χ1) is 12.9. The summed E-state index contributed by atoms with van der Waals surface area (Å²) in [7, 11) is 0. The molecule has 0 aliphatic heterocycles. The third kappa shape index (κ3) is 4.00. The second-order valence-electron chi connectivity index (χ2n) is 6.70. The molecule has 3 aromatic rings. The highest BCUT2D eigenvalue weighted by Gasteiger charge is 2.19. The zero-order valence-electron chi connectivity index (χ0n) is 14.9. The van der Waals surface area contributed by atoms with E-state index in [1.54, 1.807) is 0 Å². The number of aromatic amines is 1. The van der Waals surface area contributed by atoms with E-state index in [9.17, 15) is 0 Å². The predicted octanol–water partition coefficient (Wildman–Crippen LogP) is 3.27. The number of aryl methyl sites for hydroxylation is 1. The van der Waals surface area contributed by atoms with E-state index in [1.807, 2.05) is 30.5 Å². The molecule has 0 saturated heterocycles. The van der Waals surface area contributed by atoms with Crippen LogP contribution in [0.25, 0.3) is 11.0 Å². The highest BCUT2D eigenvalue weighted by molar-refractivity contribution is 5.74. The predicted molar refractivity (Wildman–Crippen MR) is 105 cm³/mol. The maximum atomic E-state index is 4.57. The summed E-state index contributed by atoms with van der Waals surface area (Å²) >= 11 is 0. The molecule has 2 aromatic heterocycles. The van der Waals surface area contributed by atoms with Gasteiger partial charge in [0.05, 0.1) is 29.3 Å². The van der Waals surface area contributed by atoms with Crippen LogP contribution in [0.4, 0.5) is 0 Å². The molecule has 1 aromatic carbocycles. The number of pyridine rings is 1. The molecule has 5 heteroatoms. The summed E-state index contributed by atoms with van der Waals surface area (Å²) in [5.41, 5.74) is 4.73. The average Bonchev–Trinajstić information content (AvgIpc) is 3.10. The number of hydrogen-bond donors (Lipinski definition) is 3. The Morgan fingerprint density at radius 1 is 1.12 bits per heavy atom. The summed E-state index contributed by atoms with van der Waals surface area (Å²) < 4.78 is 0. The van der Waals surface area contributed by atoms with Gasteiger partial charge in [0.1, 0.15) is 5.82 Å². The van der Waals surface area contributed by atoms with Gasteiger partial charge < -0.3 is 15.6 Å². The van der Waals surface area contributed by atoms with E-state index in [0.29, 0.717) is 6.04 Å². The molecule has 0 spiro atoms. The molecule has 4 rings (SSSR count). The number of fused-ring (bicyclic) bond motifs is 2. The lowest BCUT2D eigenvalue weighted by molar-refractivity contribution is 0.468. The Morgan fingerprint density at radius 2 is 2.04 bits per heavy atom. The van der Waals surface area contributed by atoms with Crippen molar-refractivity contribution in [3.63, 3.8) is 0 Å². The minimum atomic E-state index is 0.383. The number of imidazole rings is 1. The number of aromatic nitrogens is 3. The lowest BCUT2D eigenvalue weighted by Gasteiger charge is -2.24. The van der Waals surface area contributed by atoms with Crippen LogP contribution in [0.2, 0.25) is 0 Å². The zero-order chi connectivity index (χ0) is 17.6. The molecule has 0 saturated carbocycles. The van der Waals surface area contributed by atoms with Crippen molar-refractivity contribution < 1.29 is 0 Å². The van der Waals surface area contributed by atoms with Crippen LogP contribution in [0, 0.1) is 0 Å². The molecule has 1 unspecified atom stereocenters. The van der Waals surface area contributed by atoms with Crippen LogP contribution in [0.5, 0.6) is 0 Å². The van der Waals surface area contributed by atoms with Gasteiger partial charge in [0.15, 0.2) is 0 Å². The van der Waals surface area contributed by atoms with Gasteiger partial charge in [-0.15, -0.1) is 0 Å². The Morgan fingerprint density at radius 3 is 3.00 bits per heavy atom. The minimum absolute atomic E-state index is 0.383. The van der Waals surface area contributed by atoms with E-state index in [0.717, 1.165) is 42.9 Å². The van der Waals surface area contributed by atoms with E-state index in [4.69, 9.17) is 0 Å². The average molecular weight is 347 g/mol. The molecule has 0 fully saturated rings. The SMILES string of the molecule is C(=C/CNC1CCCc2cccnc21)/CNCc1nc2ccccc2[nH]1. The normalized spacial score (nSPS) is 17.0. The molecule has 5 nitrogen and oxygen atoms in total. The van der Waals surface area contributed by atoms with Crippen LogP contribution in [0.3, 0.4) is 0 Å². The van der Waals surface area contributed by atoms with Crippen LogP contribution in [0.15, 0.2) is 54.7 Å². The van der Waals surface area contributed by atoms with Crippen LogP contribution in [-0.4, -0.2) is 28.0 Å². The molecular weight excluding hydrogens is 322 g/mol. The fraction of sp³-hybridized carbons (Fsp3) is 0.333. The van der Waals surface area contributed by atoms with Crippen molar-refractivity contribution in [1.82, 2.24) is 25.6 Å². The Balaban J connectivity index is 1.19. The Hall–Kier alpha value is -2.50. The molecule has 1 atom stereocenters. The highest BCUT2D eigenvalue weighted by Crippen LogP contribution is 2.27. The van der Waals surface area contributed by atoms with Crippen molar-refractivity contribution >= 4 is 11.0 Å². The van der Waals surface area contributed by atoms with Crippen LogP contribution < -0.4 is 10.6 Å². The van der Waals surface area contributed by atoms with Crippen molar-refractivity contribution in [3.05, 3.63) is 71.8 Å². The maximum Gasteiger partial charge on any atom is 0.121 e. The Kier molecular flexibility index (Phi) is 5.38. The molecular formula is C21H25N5. The molecule has 134 valence electrons. The maximum absolute atomic E-state index is 4.57. The van der Waals surface area contributed by atoms with Gasteiger partial charge in [-0.2, -0.15) is 0 Å². The van der Waals surface area contributed by atoms with Crippen molar-refractivity contribution in [2.75, 3.05) is 13.1 Å². The number of nitrogens with zero attached hydrogens (tertiary/aromatic N) is 2. The summed E-state index contributed by atoms with van der Waals surface area (Å²) in [6, 6.07) is 12.7. The third-order valence-corrected chi connectivity index (χ3v) is 4.84. The first-order valence-corrected chi connectivity index (χ1v) is 9.36. The smallest absolute Gasteiger partial charge is 0.121 e. The summed E-state index contributed by atoms with van der Waals surface area (Å²) in [5, 5.41) is 7.00. The quantitative estimate of drug-likeness (QED) is 0.453. The van der Waals surface area contributed by atoms with Gasteiger partial charge >= 0.3 is 0 Å². The number of H-pyrrole nitrogens is 1. The molecule has 1 aliphatic rings. The molecule has 0 amide bonds. The van der Waals surface area contributed by atoms with Gasteiger partial charge in [-0.05, 0) is 43.0 Å². The summed E-state index contributed by atoms with van der Waals surface area (Å²) in [6.45, 7) is 2.44. The number of benzene rings is 1. The molecule has 1 aliphatic carbocycles. The first-order valence-electron chi connectivity index (χ1n) is 9.36. The second kappa shape index (κ2) is 8.25. The fourth-order valence-electron chi connectivity index (χ4n) is 3.55. The largest absolute Gasteiger partial charge is 0.341 e. The van der Waals surface area contributed by atoms with Crippen molar-refractivity contribution in [2.45, 2.75) is 31.8 Å². The van der Waals surface area contributed by atoms with Crippen LogP contribution in [-0.2, 0) is 13.0 Å². The van der Waals surface area contributed by atoms with Gasteiger partial charge in [0.25, 0.3) is 0 Å². The molecule has 2 heterocycles. The number of hydrogen-bond acceptors (Lipinski definition) is 4. The van der Waals surface area contributed by atoms with E-state index in [2.05, 4.69) is 49.9 Å². The molecule has 3 N–H and O–H groups in total. The van der Waals surface area contributed by atoms with E-state index < -0.39 is 0 Å². The number of para-hydroxylation sites is 2. The Bertz CT molecular complexity index is 850. The minimum Gasteiger partial charge on any atom is -0.341 e. The zero-order valence-corrected chi connectivity index (χ0v) is 14.9. The van der Waals surface area contributed by atoms with Gasteiger partial charge in [-0.3, -0.25) is 4.98 Å². The van der Waals surface area contributed by atoms with Crippen molar-refractivity contribution in [2.24, 2.45) is 0 Å². The Labute approximate surface area is 154 Å². The molecule has 26 heavy (non-hydrogen) atoms.